The third kappa shape index (κ3) is 8.11. The Bertz CT molecular complexity index is 452. The Hall–Kier alpha value is -1.43. The van der Waals surface area contributed by atoms with Crippen molar-refractivity contribution in [3.8, 4) is 0 Å². The van der Waals surface area contributed by atoms with E-state index in [0.717, 1.165) is 5.56 Å². The molecule has 0 aromatic heterocycles. The van der Waals surface area contributed by atoms with Crippen LogP contribution in [0.15, 0.2) is 30.3 Å². The van der Waals surface area contributed by atoms with Crippen molar-refractivity contribution in [2.75, 3.05) is 20.0 Å². The van der Waals surface area contributed by atoms with Gasteiger partial charge in [0, 0.05) is 12.5 Å². The van der Waals surface area contributed by atoms with Crippen molar-refractivity contribution in [3.63, 3.8) is 0 Å². The summed E-state index contributed by atoms with van der Waals surface area (Å²) >= 11 is 0. The predicted octanol–water partition coefficient (Wildman–Crippen LogP) is 2.76. The van der Waals surface area contributed by atoms with E-state index in [1.807, 2.05) is 51.1 Å². The van der Waals surface area contributed by atoms with Gasteiger partial charge in [-0.05, 0) is 26.3 Å². The molecule has 1 aromatic carbocycles. The Balaban J connectivity index is 2.28. The highest BCUT2D eigenvalue weighted by Gasteiger charge is 2.28. The predicted molar refractivity (Wildman–Crippen MR) is 87.6 cm³/mol. The zero-order valence-electron chi connectivity index (χ0n) is 14.5. The maximum absolute atomic E-state index is 12.0. The lowest BCUT2D eigenvalue weighted by Gasteiger charge is -2.26. The van der Waals surface area contributed by atoms with Crippen LogP contribution in [0.2, 0.25) is 0 Å². The molecule has 0 radical (unpaired) electrons. The lowest BCUT2D eigenvalue weighted by molar-refractivity contribution is -0.164. The van der Waals surface area contributed by atoms with Gasteiger partial charge < -0.3 is 19.3 Å². The van der Waals surface area contributed by atoms with Gasteiger partial charge in [0.2, 0.25) is 0 Å². The van der Waals surface area contributed by atoms with Crippen molar-refractivity contribution >= 4 is 5.97 Å². The summed E-state index contributed by atoms with van der Waals surface area (Å²) in [5.41, 5.74) is 0.530. The summed E-state index contributed by atoms with van der Waals surface area (Å²) in [5.74, 6) is -1.08. The minimum atomic E-state index is -0.537. The van der Waals surface area contributed by atoms with E-state index in [2.05, 4.69) is 0 Å². The van der Waals surface area contributed by atoms with Crippen LogP contribution < -0.4 is 0 Å². The zero-order valence-corrected chi connectivity index (χ0v) is 14.5. The van der Waals surface area contributed by atoms with Crippen molar-refractivity contribution in [1.82, 2.24) is 0 Å². The molecule has 0 aliphatic heterocycles. The fraction of sp³-hybridized carbons (Fsp3) is 0.611. The maximum atomic E-state index is 12.0. The second kappa shape index (κ2) is 9.65. The van der Waals surface area contributed by atoms with Crippen LogP contribution in [0.3, 0.4) is 0 Å². The summed E-state index contributed by atoms with van der Waals surface area (Å²) in [7, 11) is 0. The molecule has 0 aliphatic rings. The van der Waals surface area contributed by atoms with E-state index in [4.69, 9.17) is 14.2 Å². The number of hydrogen-bond acceptors (Lipinski definition) is 5. The maximum Gasteiger partial charge on any atom is 0.309 e. The van der Waals surface area contributed by atoms with E-state index in [-0.39, 0.29) is 31.9 Å². The molecule has 0 amide bonds. The number of esters is 1. The second-order valence-electron chi connectivity index (χ2n) is 6.59. The van der Waals surface area contributed by atoms with Crippen molar-refractivity contribution in [2.24, 2.45) is 11.8 Å². The molecule has 1 rings (SSSR count). The van der Waals surface area contributed by atoms with Gasteiger partial charge in [0.15, 0.2) is 0 Å². The van der Waals surface area contributed by atoms with Crippen molar-refractivity contribution in [2.45, 2.75) is 39.9 Å². The molecule has 5 heteroatoms. The lowest BCUT2D eigenvalue weighted by atomic mass is 9.95. The van der Waals surface area contributed by atoms with Gasteiger partial charge >= 0.3 is 5.97 Å². The SMILES string of the molecule is C[C@H](C(=O)OC(C)(C)C)[C@H](CO)COCOCc1ccccc1. The number of rotatable bonds is 9. The van der Waals surface area contributed by atoms with Crippen molar-refractivity contribution < 1.29 is 24.1 Å². The monoisotopic (exact) mass is 324 g/mol. The fourth-order valence-electron chi connectivity index (χ4n) is 1.93. The largest absolute Gasteiger partial charge is 0.460 e. The van der Waals surface area contributed by atoms with Gasteiger partial charge in [-0.15, -0.1) is 0 Å². The van der Waals surface area contributed by atoms with Gasteiger partial charge in [-0.25, -0.2) is 0 Å². The van der Waals surface area contributed by atoms with Gasteiger partial charge in [0.25, 0.3) is 0 Å². The molecule has 0 spiro atoms. The fourth-order valence-corrected chi connectivity index (χ4v) is 1.93. The lowest BCUT2D eigenvalue weighted by Crippen LogP contribution is -2.34. The summed E-state index contributed by atoms with van der Waals surface area (Å²) in [4.78, 5) is 12.0. The zero-order chi connectivity index (χ0) is 17.3. The average molecular weight is 324 g/mol. The van der Waals surface area contributed by atoms with E-state index >= 15 is 0 Å². The van der Waals surface area contributed by atoms with Crippen LogP contribution in [0.4, 0.5) is 0 Å². The molecule has 0 saturated heterocycles. The normalized spacial score (nSPS) is 14.3. The number of benzene rings is 1. The van der Waals surface area contributed by atoms with Gasteiger partial charge in [0.05, 0.1) is 19.1 Å². The summed E-state index contributed by atoms with van der Waals surface area (Å²) < 4.78 is 16.2. The molecule has 0 fully saturated rings. The van der Waals surface area contributed by atoms with E-state index < -0.39 is 11.5 Å². The molecular formula is C18H28O5. The third-order valence-electron chi connectivity index (χ3n) is 3.33. The summed E-state index contributed by atoms with van der Waals surface area (Å²) in [5, 5.41) is 9.45. The quantitative estimate of drug-likeness (QED) is 0.430. The molecule has 0 bridgehead atoms. The van der Waals surface area contributed by atoms with E-state index in [0.29, 0.717) is 6.61 Å². The van der Waals surface area contributed by atoms with Crippen LogP contribution in [-0.2, 0) is 25.6 Å². The summed E-state index contributed by atoms with van der Waals surface area (Å²) in [6, 6.07) is 9.79. The second-order valence-corrected chi connectivity index (χ2v) is 6.59. The molecule has 1 N–H and O–H groups in total. The Labute approximate surface area is 138 Å². The van der Waals surface area contributed by atoms with Gasteiger partial charge in [-0.2, -0.15) is 0 Å². The summed E-state index contributed by atoms with van der Waals surface area (Å²) in [6.45, 7) is 7.88. The first kappa shape index (κ1) is 19.6. The van der Waals surface area contributed by atoms with Crippen molar-refractivity contribution in [3.05, 3.63) is 35.9 Å². The molecule has 23 heavy (non-hydrogen) atoms. The molecule has 0 saturated carbocycles. The van der Waals surface area contributed by atoms with Crippen molar-refractivity contribution in [1.29, 1.82) is 0 Å². The first-order chi connectivity index (χ1) is 10.8. The first-order valence-electron chi connectivity index (χ1n) is 7.86. The molecule has 130 valence electrons. The molecule has 0 heterocycles. The average Bonchev–Trinajstić information content (AvgIpc) is 2.49. The summed E-state index contributed by atoms with van der Waals surface area (Å²) in [6.07, 6.45) is 0. The van der Waals surface area contributed by atoms with E-state index in [9.17, 15) is 9.90 Å². The minimum absolute atomic E-state index is 0.117. The highest BCUT2D eigenvalue weighted by Crippen LogP contribution is 2.18. The molecule has 0 unspecified atom stereocenters. The molecular weight excluding hydrogens is 296 g/mol. The Morgan fingerprint density at radius 1 is 1.17 bits per heavy atom. The number of carbonyl (C=O) groups excluding carboxylic acids is 1. The Morgan fingerprint density at radius 3 is 2.39 bits per heavy atom. The van der Waals surface area contributed by atoms with Crippen LogP contribution in [-0.4, -0.2) is 36.7 Å². The molecule has 0 aliphatic carbocycles. The van der Waals surface area contributed by atoms with Crippen LogP contribution in [0.1, 0.15) is 33.3 Å². The standard InChI is InChI=1S/C18H28O5/c1-14(17(20)23-18(2,3)4)16(10-19)12-22-13-21-11-15-8-6-5-7-9-15/h5-9,14,16,19H,10-13H2,1-4H3/t14-,16+/m0/s1. The molecule has 1 aromatic rings. The van der Waals surface area contributed by atoms with Crippen LogP contribution in [0.25, 0.3) is 0 Å². The van der Waals surface area contributed by atoms with E-state index in [1.54, 1.807) is 6.92 Å². The first-order valence-corrected chi connectivity index (χ1v) is 7.86. The third-order valence-corrected chi connectivity index (χ3v) is 3.33. The number of aliphatic hydroxyl groups excluding tert-OH is 1. The topological polar surface area (TPSA) is 65.0 Å². The highest BCUT2D eigenvalue weighted by atomic mass is 16.7. The number of carbonyl (C=O) groups is 1. The Morgan fingerprint density at radius 2 is 1.83 bits per heavy atom. The van der Waals surface area contributed by atoms with Gasteiger partial charge in [-0.1, -0.05) is 37.3 Å². The Kier molecular flexibility index (Phi) is 8.23. The minimum Gasteiger partial charge on any atom is -0.460 e. The van der Waals surface area contributed by atoms with Crippen LogP contribution >= 0.6 is 0 Å². The number of aliphatic hydroxyl groups is 1. The molecule has 2 atom stereocenters. The smallest absolute Gasteiger partial charge is 0.309 e. The van der Waals surface area contributed by atoms with E-state index in [1.165, 1.54) is 0 Å². The number of ether oxygens (including phenoxy) is 3. The number of hydrogen-bond donors (Lipinski definition) is 1. The van der Waals surface area contributed by atoms with Crippen LogP contribution in [0.5, 0.6) is 0 Å². The highest BCUT2D eigenvalue weighted by molar-refractivity contribution is 5.72. The molecule has 5 nitrogen and oxygen atoms in total. The van der Waals surface area contributed by atoms with Gasteiger partial charge in [0.1, 0.15) is 12.4 Å². The van der Waals surface area contributed by atoms with Crippen LogP contribution in [0, 0.1) is 11.8 Å². The van der Waals surface area contributed by atoms with Gasteiger partial charge in [-0.3, -0.25) is 4.79 Å².